The topological polar surface area (TPSA) is 76.7 Å². The maximum atomic E-state index is 14.2. The van der Waals surface area contributed by atoms with E-state index < -0.39 is 11.4 Å². The summed E-state index contributed by atoms with van der Waals surface area (Å²) >= 11 is 0. The molecule has 2 rings (SSSR count). The molecule has 1 heterocycles. The number of halogens is 1. The van der Waals surface area contributed by atoms with Gasteiger partial charge in [-0.15, -0.1) is 0 Å². The smallest absolute Gasteiger partial charge is 0.224 e. The normalized spacial score (nSPS) is 21.6. The third-order valence-corrected chi connectivity index (χ3v) is 3.45. The van der Waals surface area contributed by atoms with Crippen LogP contribution in [0.1, 0.15) is 32.8 Å². The number of aliphatic imine (C=N–C) groups is 1. The molecule has 1 amide bonds. The molecule has 1 aromatic rings. The molecular formula is C16H22FN3O2. The average molecular weight is 307 g/mol. The number of carbonyl (C=O) groups is 1. The largest absolute Gasteiger partial charge is 0.386 e. The Bertz CT molecular complexity index is 601. The molecule has 1 aliphatic heterocycles. The zero-order valence-electron chi connectivity index (χ0n) is 13.1. The first-order valence-corrected chi connectivity index (χ1v) is 7.32. The van der Waals surface area contributed by atoms with Crippen molar-refractivity contribution in [1.82, 2.24) is 0 Å². The number of nitrogens with one attached hydrogen (secondary N) is 1. The summed E-state index contributed by atoms with van der Waals surface area (Å²) in [6.45, 7) is 6.19. The van der Waals surface area contributed by atoms with Crippen molar-refractivity contribution in [2.75, 3.05) is 18.5 Å². The highest BCUT2D eigenvalue weighted by Crippen LogP contribution is 2.32. The molecule has 5 nitrogen and oxygen atoms in total. The first-order chi connectivity index (χ1) is 10.3. The average Bonchev–Trinajstić information content (AvgIpc) is 2.39. The van der Waals surface area contributed by atoms with Crippen LogP contribution in [-0.2, 0) is 15.1 Å². The molecule has 1 aliphatic rings. The number of benzene rings is 1. The van der Waals surface area contributed by atoms with E-state index in [1.807, 2.05) is 13.8 Å². The molecule has 120 valence electrons. The number of hydrogen-bond acceptors (Lipinski definition) is 4. The fraction of sp³-hybridized carbons (Fsp3) is 0.500. The first kappa shape index (κ1) is 16.4. The number of nitrogens with two attached hydrogens (primary N) is 1. The number of amidine groups is 1. The zero-order chi connectivity index (χ0) is 16.3. The minimum Gasteiger partial charge on any atom is -0.386 e. The van der Waals surface area contributed by atoms with Crippen molar-refractivity contribution in [2.24, 2.45) is 16.6 Å². The van der Waals surface area contributed by atoms with Crippen molar-refractivity contribution in [3.63, 3.8) is 0 Å². The van der Waals surface area contributed by atoms with E-state index in [2.05, 4.69) is 10.3 Å². The lowest BCUT2D eigenvalue weighted by molar-refractivity contribution is -0.116. The molecule has 0 spiro atoms. The van der Waals surface area contributed by atoms with Crippen LogP contribution in [-0.4, -0.2) is 25.0 Å². The summed E-state index contributed by atoms with van der Waals surface area (Å²) in [7, 11) is 0. The van der Waals surface area contributed by atoms with Crippen LogP contribution in [0, 0.1) is 11.7 Å². The van der Waals surface area contributed by atoms with Gasteiger partial charge in [0.1, 0.15) is 23.8 Å². The molecule has 0 aromatic heterocycles. The second-order valence-electron chi connectivity index (χ2n) is 6.21. The van der Waals surface area contributed by atoms with Gasteiger partial charge in [0.25, 0.3) is 0 Å². The Morgan fingerprint density at radius 2 is 2.27 bits per heavy atom. The van der Waals surface area contributed by atoms with Gasteiger partial charge in [-0.2, -0.15) is 0 Å². The van der Waals surface area contributed by atoms with E-state index >= 15 is 0 Å². The van der Waals surface area contributed by atoms with Crippen LogP contribution in [0.25, 0.3) is 0 Å². The molecule has 1 aromatic carbocycles. The predicted octanol–water partition coefficient (Wildman–Crippen LogP) is 2.41. The molecule has 0 saturated carbocycles. The monoisotopic (exact) mass is 307 g/mol. The molecule has 0 radical (unpaired) electrons. The summed E-state index contributed by atoms with van der Waals surface area (Å²) in [5.41, 5.74) is 5.72. The number of hydrogen-bond donors (Lipinski definition) is 2. The van der Waals surface area contributed by atoms with Crippen LogP contribution < -0.4 is 11.1 Å². The Morgan fingerprint density at radius 1 is 1.55 bits per heavy atom. The van der Waals surface area contributed by atoms with Crippen LogP contribution in [0.15, 0.2) is 23.2 Å². The van der Waals surface area contributed by atoms with Gasteiger partial charge in [0, 0.05) is 17.7 Å². The van der Waals surface area contributed by atoms with E-state index in [1.54, 1.807) is 13.0 Å². The highest BCUT2D eigenvalue weighted by atomic mass is 19.1. The highest BCUT2D eigenvalue weighted by Gasteiger charge is 2.32. The van der Waals surface area contributed by atoms with Gasteiger partial charge in [-0.1, -0.05) is 13.8 Å². The summed E-state index contributed by atoms with van der Waals surface area (Å²) < 4.78 is 19.6. The number of carbonyl (C=O) groups excluding carboxylic acids is 1. The quantitative estimate of drug-likeness (QED) is 0.897. The summed E-state index contributed by atoms with van der Waals surface area (Å²) in [6, 6.07) is 4.46. The van der Waals surface area contributed by atoms with Crippen LogP contribution in [0.4, 0.5) is 10.1 Å². The lowest BCUT2D eigenvalue weighted by Crippen LogP contribution is -2.38. The molecule has 0 aliphatic carbocycles. The standard InChI is InChI=1S/C16H22FN3O2/c1-10(2)6-15(21)19-11-4-5-13(17)12(7-11)16(3)9-22-8-14(18)20-16/h4-5,7,10H,6,8-9H2,1-3H3,(H2,18,20)(H,19,21)/t16-/m0/s1. The Labute approximate surface area is 129 Å². The fourth-order valence-electron chi connectivity index (χ4n) is 2.47. The van der Waals surface area contributed by atoms with Crippen molar-refractivity contribution >= 4 is 17.4 Å². The summed E-state index contributed by atoms with van der Waals surface area (Å²) in [5, 5.41) is 2.78. The van der Waals surface area contributed by atoms with Crippen LogP contribution in [0.2, 0.25) is 0 Å². The van der Waals surface area contributed by atoms with Crippen molar-refractivity contribution in [3.05, 3.63) is 29.6 Å². The van der Waals surface area contributed by atoms with Gasteiger partial charge in [-0.3, -0.25) is 9.79 Å². The van der Waals surface area contributed by atoms with Crippen LogP contribution in [0.5, 0.6) is 0 Å². The fourth-order valence-corrected chi connectivity index (χ4v) is 2.47. The van der Waals surface area contributed by atoms with E-state index in [0.717, 1.165) is 0 Å². The second kappa shape index (κ2) is 6.44. The molecule has 1 atom stereocenters. The molecule has 0 bridgehead atoms. The van der Waals surface area contributed by atoms with Crippen LogP contribution in [0.3, 0.4) is 0 Å². The van der Waals surface area contributed by atoms with Crippen LogP contribution >= 0.6 is 0 Å². The number of amides is 1. The molecule has 22 heavy (non-hydrogen) atoms. The SMILES string of the molecule is CC(C)CC(=O)Nc1ccc(F)c([C@]2(C)COCC(N)=N2)c1. The number of anilines is 1. The third kappa shape index (κ3) is 3.82. The third-order valence-electron chi connectivity index (χ3n) is 3.45. The van der Waals surface area contributed by atoms with Gasteiger partial charge in [-0.25, -0.2) is 4.39 Å². The van der Waals surface area contributed by atoms with Gasteiger partial charge < -0.3 is 15.8 Å². The number of nitrogens with zero attached hydrogens (tertiary/aromatic N) is 1. The minimum atomic E-state index is -0.884. The second-order valence-corrected chi connectivity index (χ2v) is 6.21. The van der Waals surface area contributed by atoms with Gasteiger partial charge in [0.2, 0.25) is 5.91 Å². The van der Waals surface area contributed by atoms with E-state index in [4.69, 9.17) is 10.5 Å². The van der Waals surface area contributed by atoms with E-state index in [9.17, 15) is 9.18 Å². The van der Waals surface area contributed by atoms with Gasteiger partial charge in [0.15, 0.2) is 0 Å². The van der Waals surface area contributed by atoms with Gasteiger partial charge in [-0.05, 0) is 31.0 Å². The lowest BCUT2D eigenvalue weighted by atomic mass is 9.91. The molecule has 3 N–H and O–H groups in total. The summed E-state index contributed by atoms with van der Waals surface area (Å²) in [5.74, 6) is 0.100. The minimum absolute atomic E-state index is 0.0966. The molecule has 0 unspecified atom stereocenters. The molecule has 0 fully saturated rings. The highest BCUT2D eigenvalue weighted by molar-refractivity contribution is 5.91. The zero-order valence-corrected chi connectivity index (χ0v) is 13.1. The Balaban J connectivity index is 2.27. The summed E-state index contributed by atoms with van der Waals surface area (Å²) in [4.78, 5) is 16.2. The van der Waals surface area contributed by atoms with E-state index in [-0.39, 0.29) is 25.0 Å². The number of rotatable bonds is 4. The summed E-state index contributed by atoms with van der Waals surface area (Å²) in [6.07, 6.45) is 0.415. The Kier molecular flexibility index (Phi) is 4.81. The number of ether oxygens (including phenoxy) is 1. The first-order valence-electron chi connectivity index (χ1n) is 7.32. The predicted molar refractivity (Wildman–Crippen MR) is 84.3 cm³/mol. The lowest BCUT2D eigenvalue weighted by Gasteiger charge is -2.30. The molecule has 0 saturated heterocycles. The molecular weight excluding hydrogens is 285 g/mol. The van der Waals surface area contributed by atoms with Gasteiger partial charge in [0.05, 0.1) is 6.61 Å². The van der Waals surface area contributed by atoms with Crippen molar-refractivity contribution in [2.45, 2.75) is 32.7 Å². The maximum absolute atomic E-state index is 14.2. The molecule has 6 heteroatoms. The van der Waals surface area contributed by atoms with Crippen molar-refractivity contribution in [1.29, 1.82) is 0 Å². The maximum Gasteiger partial charge on any atom is 0.224 e. The van der Waals surface area contributed by atoms with E-state index in [0.29, 0.717) is 23.5 Å². The Morgan fingerprint density at radius 3 is 2.91 bits per heavy atom. The van der Waals surface area contributed by atoms with Gasteiger partial charge >= 0.3 is 0 Å². The van der Waals surface area contributed by atoms with E-state index in [1.165, 1.54) is 12.1 Å². The van der Waals surface area contributed by atoms with Crippen molar-refractivity contribution < 1.29 is 13.9 Å². The Hall–Kier alpha value is -1.95. The van der Waals surface area contributed by atoms with Crippen molar-refractivity contribution in [3.8, 4) is 0 Å².